The summed E-state index contributed by atoms with van der Waals surface area (Å²) >= 11 is 0.578. The highest BCUT2D eigenvalue weighted by molar-refractivity contribution is 9.10. The second kappa shape index (κ2) is 12.1. The number of hydrogen-bond donors (Lipinski definition) is 1. The molecule has 2 atom stereocenters. The van der Waals surface area contributed by atoms with E-state index in [0.29, 0.717) is 60.5 Å². The zero-order chi connectivity index (χ0) is 27.5. The Bertz CT molecular complexity index is 1400. The van der Waals surface area contributed by atoms with E-state index >= 15 is 4.39 Å². The van der Waals surface area contributed by atoms with E-state index in [1.165, 1.54) is 25.4 Å². The quantitative estimate of drug-likeness (QED) is 0.283. The Balaban J connectivity index is 1.64. The Morgan fingerprint density at radius 2 is 1.95 bits per heavy atom. The molecule has 1 aromatic heterocycles. The molecule has 2 aliphatic heterocycles. The zero-order valence-corrected chi connectivity index (χ0v) is 23.4. The van der Waals surface area contributed by atoms with Gasteiger partial charge in [-0.05, 0) is 30.7 Å². The number of esters is 1. The molecule has 2 aliphatic rings. The molecule has 0 radical (unpaired) electrons. The number of methoxy groups -OCH3 is 1. The third kappa shape index (κ3) is 6.17. The summed E-state index contributed by atoms with van der Waals surface area (Å²) in [5.41, 5.74) is 1.19. The van der Waals surface area contributed by atoms with Crippen molar-refractivity contribution in [3.8, 4) is 5.75 Å². The predicted molar refractivity (Wildman–Crippen MR) is 146 cm³/mol. The topological polar surface area (TPSA) is 122 Å². The maximum absolute atomic E-state index is 15.5. The molecular weight excluding hydrogens is 597 g/mol. The van der Waals surface area contributed by atoms with Crippen molar-refractivity contribution in [2.45, 2.75) is 31.4 Å². The fraction of sp³-hybridized carbons (Fsp3) is 0.385. The summed E-state index contributed by atoms with van der Waals surface area (Å²) in [5, 5.41) is 3.25. The zero-order valence-electron chi connectivity index (χ0n) is 21.0. The summed E-state index contributed by atoms with van der Waals surface area (Å²) in [6, 6.07) is 7.20. The monoisotopic (exact) mass is 622 g/mol. The second-order valence-electron chi connectivity index (χ2n) is 9.15. The molecule has 208 valence electrons. The Kier molecular flexibility index (Phi) is 8.62. The van der Waals surface area contributed by atoms with Crippen LogP contribution in [0.15, 0.2) is 41.0 Å². The summed E-state index contributed by atoms with van der Waals surface area (Å²) in [4.78, 5) is 16.9. The van der Waals surface area contributed by atoms with Gasteiger partial charge in [-0.15, -0.1) is 0 Å². The number of rotatable bonds is 8. The fourth-order valence-electron chi connectivity index (χ4n) is 4.74. The van der Waals surface area contributed by atoms with Crippen molar-refractivity contribution in [2.75, 3.05) is 43.2 Å². The number of aromatic nitrogens is 1. The number of carbonyl (C=O) groups is 1. The lowest BCUT2D eigenvalue weighted by Gasteiger charge is -2.33. The molecular formula is C26H26BrFN3O7S-. The van der Waals surface area contributed by atoms with Crippen LogP contribution in [0.3, 0.4) is 0 Å². The summed E-state index contributed by atoms with van der Waals surface area (Å²) in [5.74, 6) is -0.794. The minimum atomic E-state index is -2.71. The van der Waals surface area contributed by atoms with E-state index in [9.17, 15) is 13.6 Å². The molecule has 2 unspecified atom stereocenters. The van der Waals surface area contributed by atoms with Crippen LogP contribution >= 0.6 is 15.9 Å². The molecule has 0 aliphatic carbocycles. The van der Waals surface area contributed by atoms with Gasteiger partial charge in [0.05, 0.1) is 67.0 Å². The van der Waals surface area contributed by atoms with Crippen molar-refractivity contribution in [1.29, 1.82) is 0 Å². The predicted octanol–water partition coefficient (Wildman–Crippen LogP) is 4.61. The highest BCUT2D eigenvalue weighted by atomic mass is 79.9. The van der Waals surface area contributed by atoms with Gasteiger partial charge in [-0.3, -0.25) is 13.5 Å². The Hall–Kier alpha value is -2.84. The van der Waals surface area contributed by atoms with E-state index in [2.05, 4.69) is 26.2 Å². The van der Waals surface area contributed by atoms with Crippen LogP contribution < -0.4 is 14.4 Å². The number of hydrogen-bond acceptors (Lipinski definition) is 9. The van der Waals surface area contributed by atoms with Gasteiger partial charge in [0.15, 0.2) is 0 Å². The minimum absolute atomic E-state index is 0.0837. The first-order valence-corrected chi connectivity index (χ1v) is 14.2. The maximum Gasteiger partial charge on any atom is 0.338 e. The Morgan fingerprint density at radius 1 is 1.18 bits per heavy atom. The molecule has 2 fully saturated rings. The van der Waals surface area contributed by atoms with E-state index in [-0.39, 0.29) is 35.0 Å². The molecule has 2 aromatic carbocycles. The van der Waals surface area contributed by atoms with Gasteiger partial charge in [0, 0.05) is 46.9 Å². The Labute approximate surface area is 235 Å². The molecule has 3 heterocycles. The van der Waals surface area contributed by atoms with Crippen LogP contribution in [0, 0.1) is 5.82 Å². The molecule has 10 nitrogen and oxygen atoms in total. The molecule has 0 amide bonds. The van der Waals surface area contributed by atoms with E-state index in [0.717, 1.165) is 4.31 Å². The van der Waals surface area contributed by atoms with Gasteiger partial charge in [0.2, 0.25) is 0 Å². The molecule has 1 N–H and O–H groups in total. The number of nitrogens with one attached hydrogen (secondary N) is 1. The molecule has 3 aromatic rings. The lowest BCUT2D eigenvalue weighted by molar-refractivity contribution is 0.0254. The minimum Gasteiger partial charge on any atom is -0.755 e. The average molecular weight is 623 g/mol. The van der Waals surface area contributed by atoms with E-state index in [1.54, 1.807) is 18.2 Å². The van der Waals surface area contributed by atoms with Gasteiger partial charge in [-0.2, -0.15) is 0 Å². The van der Waals surface area contributed by atoms with Crippen molar-refractivity contribution in [3.63, 3.8) is 0 Å². The smallest absolute Gasteiger partial charge is 0.338 e. The van der Waals surface area contributed by atoms with Crippen molar-refractivity contribution in [1.82, 2.24) is 4.98 Å². The van der Waals surface area contributed by atoms with Crippen molar-refractivity contribution in [2.24, 2.45) is 0 Å². The molecule has 39 heavy (non-hydrogen) atoms. The third-order valence-electron chi connectivity index (χ3n) is 6.57. The van der Waals surface area contributed by atoms with Crippen LogP contribution in [0.5, 0.6) is 5.75 Å². The highest BCUT2D eigenvalue weighted by Gasteiger charge is 2.29. The van der Waals surface area contributed by atoms with Gasteiger partial charge in [-0.25, -0.2) is 9.18 Å². The van der Waals surface area contributed by atoms with Gasteiger partial charge >= 0.3 is 5.97 Å². The largest absolute Gasteiger partial charge is 0.755 e. The van der Waals surface area contributed by atoms with Crippen molar-refractivity contribution in [3.05, 3.63) is 52.4 Å². The summed E-state index contributed by atoms with van der Waals surface area (Å²) in [6.45, 7) is 1.73. The van der Waals surface area contributed by atoms with Crippen LogP contribution in [0.2, 0.25) is 0 Å². The highest BCUT2D eigenvalue weighted by Crippen LogP contribution is 2.40. The number of pyridine rings is 1. The van der Waals surface area contributed by atoms with Crippen LogP contribution in [0.1, 0.15) is 29.6 Å². The summed E-state index contributed by atoms with van der Waals surface area (Å²) in [6.07, 6.45) is 3.13. The van der Waals surface area contributed by atoms with Gasteiger partial charge in [0.1, 0.15) is 17.7 Å². The van der Waals surface area contributed by atoms with Crippen molar-refractivity contribution >= 4 is 61.1 Å². The molecule has 0 bridgehead atoms. The van der Waals surface area contributed by atoms with Crippen LogP contribution in [-0.2, 0) is 25.5 Å². The standard InChI is InChI=1S/C26H27BrFN3O7S/c1-35-26(32)15-8-17(12-20(9-15)38-19-3-6-36-7-4-19)30-25-23(31(39(33)34)18-2-5-37-14-18)13-29-22-11-16(27)10-21(28)24(22)25/h8-13,18-19H,2-7,14H2,1H3,(H,29,30)(H,33,34)/p-1. The lowest BCUT2D eigenvalue weighted by Crippen LogP contribution is -2.37. The van der Waals surface area contributed by atoms with Gasteiger partial charge in [-0.1, -0.05) is 15.9 Å². The van der Waals surface area contributed by atoms with E-state index < -0.39 is 29.1 Å². The van der Waals surface area contributed by atoms with Crippen LogP contribution in [0.25, 0.3) is 10.9 Å². The average Bonchev–Trinajstić information content (AvgIpc) is 3.43. The van der Waals surface area contributed by atoms with Gasteiger partial charge < -0.3 is 28.8 Å². The lowest BCUT2D eigenvalue weighted by atomic mass is 10.1. The number of carbonyl (C=O) groups excluding carboxylic acids is 1. The SMILES string of the molecule is COC(=O)c1cc(Nc2c(N(C3CCOC3)S(=O)[O-])cnc3cc(Br)cc(F)c23)cc(OC2CCOCC2)c1. The normalized spacial score (nSPS) is 18.6. The molecule has 0 saturated carbocycles. The van der Waals surface area contributed by atoms with Crippen LogP contribution in [0.4, 0.5) is 21.5 Å². The Morgan fingerprint density at radius 3 is 2.64 bits per heavy atom. The van der Waals surface area contributed by atoms with Gasteiger partial charge in [0.25, 0.3) is 0 Å². The molecule has 13 heteroatoms. The number of benzene rings is 2. The first-order valence-electron chi connectivity index (χ1n) is 12.3. The summed E-state index contributed by atoms with van der Waals surface area (Å²) < 4.78 is 63.9. The van der Waals surface area contributed by atoms with E-state index in [4.69, 9.17) is 18.9 Å². The number of nitrogens with zero attached hydrogens (tertiary/aromatic N) is 2. The molecule has 2 saturated heterocycles. The summed E-state index contributed by atoms with van der Waals surface area (Å²) in [7, 11) is 1.27. The number of fused-ring (bicyclic) bond motifs is 1. The second-order valence-corrected chi connectivity index (χ2v) is 10.9. The number of ether oxygens (including phenoxy) is 4. The fourth-order valence-corrected chi connectivity index (χ4v) is 5.86. The molecule has 0 spiro atoms. The first kappa shape index (κ1) is 27.7. The molecule has 5 rings (SSSR count). The van der Waals surface area contributed by atoms with E-state index in [1.807, 2.05) is 0 Å². The number of anilines is 3. The first-order chi connectivity index (χ1) is 18.8. The van der Waals surface area contributed by atoms with Crippen molar-refractivity contribution < 1.29 is 36.9 Å². The van der Waals surface area contributed by atoms with Crippen LogP contribution in [-0.4, -0.2) is 65.4 Å². The third-order valence-corrected chi connectivity index (χ3v) is 7.84. The number of halogens is 2. The maximum atomic E-state index is 15.5.